The smallest absolute Gasteiger partial charge is 0.0603 e. The molecule has 296 valence electrons. The SMILES string of the molecule is CC1(C)c2ccccc2-c2ccc(N(c3ccc(-c4ccc5c(c4)Sc4ccccc4N5c4ccccc4)cc3)c3ccc4c(c3)Sc3ccccc3N4c3ccccc3)cc21. The molecule has 0 amide bonds. The molecule has 0 aromatic heterocycles. The summed E-state index contributed by atoms with van der Waals surface area (Å²) in [5, 5.41) is 0. The summed E-state index contributed by atoms with van der Waals surface area (Å²) in [7, 11) is 0. The maximum Gasteiger partial charge on any atom is 0.0603 e. The number of fused-ring (bicyclic) bond motifs is 7. The lowest BCUT2D eigenvalue weighted by Gasteiger charge is -2.34. The van der Waals surface area contributed by atoms with Crippen molar-refractivity contribution in [3.05, 3.63) is 223 Å². The molecule has 0 bridgehead atoms. The Kier molecular flexibility index (Phi) is 8.70. The van der Waals surface area contributed by atoms with E-state index in [1.807, 2.05) is 23.5 Å². The number of para-hydroxylation sites is 4. The predicted octanol–water partition coefficient (Wildman–Crippen LogP) is 17.0. The minimum Gasteiger partial charge on any atom is -0.310 e. The second kappa shape index (κ2) is 14.6. The molecule has 0 saturated carbocycles. The van der Waals surface area contributed by atoms with Crippen LogP contribution in [0.3, 0.4) is 0 Å². The van der Waals surface area contributed by atoms with Gasteiger partial charge in [0.15, 0.2) is 0 Å². The fourth-order valence-corrected chi connectivity index (χ4v) is 11.8. The molecule has 0 unspecified atom stereocenters. The molecular formula is C57H41N3S2. The van der Waals surface area contributed by atoms with E-state index in [2.05, 4.69) is 241 Å². The van der Waals surface area contributed by atoms with E-state index in [9.17, 15) is 0 Å². The fourth-order valence-electron chi connectivity index (χ4n) is 9.61. The highest BCUT2D eigenvalue weighted by Crippen LogP contribution is 2.55. The van der Waals surface area contributed by atoms with Gasteiger partial charge in [0.1, 0.15) is 0 Å². The third-order valence-corrected chi connectivity index (χ3v) is 14.8. The van der Waals surface area contributed by atoms with Crippen molar-refractivity contribution in [2.24, 2.45) is 0 Å². The van der Waals surface area contributed by atoms with E-state index in [0.29, 0.717) is 0 Å². The monoisotopic (exact) mass is 831 g/mol. The molecule has 1 aliphatic carbocycles. The summed E-state index contributed by atoms with van der Waals surface area (Å²) in [5.41, 5.74) is 18.1. The quantitative estimate of drug-likeness (QED) is 0.165. The highest BCUT2D eigenvalue weighted by Gasteiger charge is 2.36. The topological polar surface area (TPSA) is 9.72 Å². The Morgan fingerprint density at radius 3 is 1.48 bits per heavy atom. The van der Waals surface area contributed by atoms with Gasteiger partial charge in [-0.1, -0.05) is 147 Å². The average molecular weight is 832 g/mol. The Hall–Kier alpha value is -6.92. The van der Waals surface area contributed by atoms with Crippen molar-refractivity contribution < 1.29 is 0 Å². The first kappa shape index (κ1) is 36.9. The summed E-state index contributed by atoms with van der Waals surface area (Å²) < 4.78 is 0. The first-order valence-electron chi connectivity index (χ1n) is 21.2. The lowest BCUT2D eigenvalue weighted by molar-refractivity contribution is 0.660. The van der Waals surface area contributed by atoms with Gasteiger partial charge < -0.3 is 14.7 Å². The van der Waals surface area contributed by atoms with Crippen LogP contribution in [-0.4, -0.2) is 0 Å². The zero-order valence-corrected chi connectivity index (χ0v) is 36.0. The van der Waals surface area contributed by atoms with Gasteiger partial charge >= 0.3 is 0 Å². The van der Waals surface area contributed by atoms with Crippen molar-refractivity contribution in [2.75, 3.05) is 14.7 Å². The van der Waals surface area contributed by atoms with Gasteiger partial charge in [-0.05, 0) is 137 Å². The van der Waals surface area contributed by atoms with Crippen molar-refractivity contribution in [3.8, 4) is 22.3 Å². The molecule has 0 saturated heterocycles. The lowest BCUT2D eigenvalue weighted by atomic mass is 9.82. The van der Waals surface area contributed by atoms with Crippen molar-refractivity contribution in [2.45, 2.75) is 38.8 Å². The molecule has 9 aromatic rings. The van der Waals surface area contributed by atoms with Crippen LogP contribution in [0.5, 0.6) is 0 Å². The van der Waals surface area contributed by atoms with Gasteiger partial charge in [0.25, 0.3) is 0 Å². The Morgan fingerprint density at radius 1 is 0.355 bits per heavy atom. The number of hydrogen-bond acceptors (Lipinski definition) is 5. The molecule has 9 aromatic carbocycles. The number of nitrogens with zero attached hydrogens (tertiary/aromatic N) is 3. The Balaban J connectivity index is 0.961. The second-order valence-corrected chi connectivity index (χ2v) is 18.8. The molecule has 62 heavy (non-hydrogen) atoms. The van der Waals surface area contributed by atoms with Crippen molar-refractivity contribution in [1.29, 1.82) is 0 Å². The van der Waals surface area contributed by atoms with E-state index in [1.54, 1.807) is 0 Å². The van der Waals surface area contributed by atoms with Gasteiger partial charge in [0.2, 0.25) is 0 Å². The molecule has 0 radical (unpaired) electrons. The summed E-state index contributed by atoms with van der Waals surface area (Å²) in [5.74, 6) is 0. The summed E-state index contributed by atoms with van der Waals surface area (Å²) in [4.78, 5) is 12.2. The Morgan fingerprint density at radius 2 is 0.823 bits per heavy atom. The van der Waals surface area contributed by atoms with Gasteiger partial charge in [-0.15, -0.1) is 0 Å². The fraction of sp³-hybridized carbons (Fsp3) is 0.0526. The van der Waals surface area contributed by atoms with Crippen LogP contribution in [0.1, 0.15) is 25.0 Å². The molecule has 2 aliphatic heterocycles. The highest BCUT2D eigenvalue weighted by molar-refractivity contribution is 8.00. The number of hydrogen-bond donors (Lipinski definition) is 0. The van der Waals surface area contributed by atoms with Crippen LogP contribution in [0.25, 0.3) is 22.3 Å². The molecule has 0 spiro atoms. The number of rotatable bonds is 6. The highest BCUT2D eigenvalue weighted by atomic mass is 32.2. The van der Waals surface area contributed by atoms with Gasteiger partial charge in [-0.3, -0.25) is 0 Å². The zero-order valence-electron chi connectivity index (χ0n) is 34.4. The van der Waals surface area contributed by atoms with Crippen LogP contribution in [-0.2, 0) is 5.41 Å². The van der Waals surface area contributed by atoms with Crippen LogP contribution < -0.4 is 14.7 Å². The molecule has 0 fully saturated rings. The van der Waals surface area contributed by atoms with Crippen molar-refractivity contribution in [1.82, 2.24) is 0 Å². The largest absolute Gasteiger partial charge is 0.310 e. The van der Waals surface area contributed by atoms with Crippen LogP contribution in [0.4, 0.5) is 51.2 Å². The zero-order chi connectivity index (χ0) is 41.4. The molecule has 5 heteroatoms. The van der Waals surface area contributed by atoms with Crippen LogP contribution in [0.2, 0.25) is 0 Å². The molecule has 0 atom stereocenters. The van der Waals surface area contributed by atoms with Gasteiger partial charge in [-0.25, -0.2) is 0 Å². The van der Waals surface area contributed by atoms with E-state index in [-0.39, 0.29) is 5.41 Å². The molecule has 2 heterocycles. The second-order valence-electron chi connectivity index (χ2n) is 16.6. The summed E-state index contributed by atoms with van der Waals surface area (Å²) >= 11 is 3.69. The van der Waals surface area contributed by atoms with Gasteiger partial charge in [0.05, 0.1) is 22.7 Å². The van der Waals surface area contributed by atoms with E-state index in [4.69, 9.17) is 0 Å². The summed E-state index contributed by atoms with van der Waals surface area (Å²) in [6.07, 6.45) is 0. The number of anilines is 9. The first-order valence-corrected chi connectivity index (χ1v) is 22.8. The standard InChI is InChI=1S/C57H41N3S2/c1-57(2)47-20-10-9-19-45(47)46-32-30-43(36-48(46)57)58(44-31-34-52-56(37-44)62-54-24-14-12-22-50(54)60(52)41-17-7-4-8-18-41)42-28-25-38(26-29-42)39-27-33-51-55(35-39)61-53-23-13-11-21-49(53)59(51)40-15-5-3-6-16-40/h3-37H,1-2H3. The van der Waals surface area contributed by atoms with Crippen molar-refractivity contribution in [3.63, 3.8) is 0 Å². The molecule has 12 rings (SSSR count). The van der Waals surface area contributed by atoms with Gasteiger partial charge in [0, 0.05) is 53.4 Å². The number of benzene rings is 9. The van der Waals surface area contributed by atoms with Crippen LogP contribution in [0, 0.1) is 0 Å². The molecule has 3 aliphatic rings. The third kappa shape index (κ3) is 5.99. The minimum atomic E-state index is -0.121. The summed E-state index contributed by atoms with van der Waals surface area (Å²) in [6.45, 7) is 4.72. The lowest BCUT2D eigenvalue weighted by Crippen LogP contribution is -2.17. The third-order valence-electron chi connectivity index (χ3n) is 12.6. The maximum atomic E-state index is 2.44. The average Bonchev–Trinajstić information content (AvgIpc) is 3.55. The van der Waals surface area contributed by atoms with Crippen LogP contribution in [0.15, 0.2) is 232 Å². The normalized spacial score (nSPS) is 13.9. The van der Waals surface area contributed by atoms with Crippen LogP contribution >= 0.6 is 23.5 Å². The van der Waals surface area contributed by atoms with E-state index in [1.165, 1.54) is 75.7 Å². The molecular weight excluding hydrogens is 791 g/mol. The molecule has 0 N–H and O–H groups in total. The van der Waals surface area contributed by atoms with Crippen molar-refractivity contribution >= 4 is 74.7 Å². The van der Waals surface area contributed by atoms with E-state index >= 15 is 0 Å². The van der Waals surface area contributed by atoms with E-state index in [0.717, 1.165) is 28.4 Å². The van der Waals surface area contributed by atoms with E-state index < -0.39 is 0 Å². The first-order chi connectivity index (χ1) is 30.5. The Bertz CT molecular complexity index is 3180. The maximum absolute atomic E-state index is 2.44. The molecule has 3 nitrogen and oxygen atoms in total. The minimum absolute atomic E-state index is 0.121. The summed E-state index contributed by atoms with van der Waals surface area (Å²) in [6, 6.07) is 77.8. The predicted molar refractivity (Wildman–Crippen MR) is 262 cm³/mol. The van der Waals surface area contributed by atoms with Gasteiger partial charge in [-0.2, -0.15) is 0 Å². The Labute approximate surface area is 371 Å².